The third-order valence-corrected chi connectivity index (χ3v) is 4.82. The van der Waals surface area contributed by atoms with Crippen LogP contribution in [0.15, 0.2) is 35.8 Å². The molecule has 1 aliphatic rings. The number of hydrogen-bond donors (Lipinski definition) is 1. The van der Waals surface area contributed by atoms with Crippen LogP contribution >= 0.6 is 11.3 Å². The molecule has 0 radical (unpaired) electrons. The summed E-state index contributed by atoms with van der Waals surface area (Å²) >= 11 is 1.67. The summed E-state index contributed by atoms with van der Waals surface area (Å²) in [5, 5.41) is 6.73. The smallest absolute Gasteiger partial charge is 0.123 e. The maximum Gasteiger partial charge on any atom is 0.123 e. The van der Waals surface area contributed by atoms with E-state index in [0.29, 0.717) is 18.1 Å². The van der Waals surface area contributed by atoms with Gasteiger partial charge in [0.05, 0.1) is 6.10 Å². The van der Waals surface area contributed by atoms with Gasteiger partial charge in [-0.25, -0.2) is 4.98 Å². The summed E-state index contributed by atoms with van der Waals surface area (Å²) < 4.78 is 5.83. The molecule has 21 heavy (non-hydrogen) atoms. The lowest BCUT2D eigenvalue weighted by Crippen LogP contribution is -2.36. The second kappa shape index (κ2) is 6.58. The zero-order valence-corrected chi connectivity index (χ0v) is 13.4. The Morgan fingerprint density at radius 3 is 2.76 bits per heavy atom. The number of nitrogens with one attached hydrogen (secondary N) is 1. The second-order valence-corrected chi connectivity index (χ2v) is 6.83. The Kier molecular flexibility index (Phi) is 4.56. The highest BCUT2D eigenvalue weighted by atomic mass is 32.1. The molecule has 1 N–H and O–H groups in total. The summed E-state index contributed by atoms with van der Waals surface area (Å²) in [5.41, 5.74) is 2.37. The Balaban J connectivity index is 1.62. The molecule has 1 aliphatic heterocycles. The zero-order chi connectivity index (χ0) is 14.7. The minimum Gasteiger partial charge on any atom is -0.382 e. The van der Waals surface area contributed by atoms with Crippen LogP contribution in [0, 0.1) is 5.92 Å². The van der Waals surface area contributed by atoms with E-state index in [1.165, 1.54) is 11.3 Å². The summed E-state index contributed by atoms with van der Waals surface area (Å²) in [6.07, 6.45) is 4.40. The number of thiazole rings is 1. The van der Waals surface area contributed by atoms with E-state index in [0.717, 1.165) is 24.5 Å². The van der Waals surface area contributed by atoms with Gasteiger partial charge in [-0.2, -0.15) is 0 Å². The minimum atomic E-state index is 0.380. The monoisotopic (exact) mass is 302 g/mol. The van der Waals surface area contributed by atoms with Crippen LogP contribution in [0.2, 0.25) is 0 Å². The van der Waals surface area contributed by atoms with Crippen LogP contribution in [0.1, 0.15) is 26.7 Å². The largest absolute Gasteiger partial charge is 0.382 e. The van der Waals surface area contributed by atoms with E-state index in [9.17, 15) is 0 Å². The summed E-state index contributed by atoms with van der Waals surface area (Å²) in [4.78, 5) is 4.34. The van der Waals surface area contributed by atoms with Gasteiger partial charge in [0, 0.05) is 35.5 Å². The van der Waals surface area contributed by atoms with Crippen LogP contribution in [-0.2, 0) is 4.74 Å². The number of anilines is 1. The topological polar surface area (TPSA) is 34.2 Å². The average Bonchev–Trinajstić information content (AvgIpc) is 3.02. The van der Waals surface area contributed by atoms with Gasteiger partial charge in [-0.15, -0.1) is 11.3 Å². The molecule has 0 bridgehead atoms. The molecule has 0 amide bonds. The second-order valence-electron chi connectivity index (χ2n) is 5.93. The maximum atomic E-state index is 5.83. The van der Waals surface area contributed by atoms with Gasteiger partial charge in [0.25, 0.3) is 0 Å². The van der Waals surface area contributed by atoms with Gasteiger partial charge in [-0.3, -0.25) is 0 Å². The first kappa shape index (κ1) is 14.5. The minimum absolute atomic E-state index is 0.380. The first-order valence-corrected chi connectivity index (χ1v) is 8.48. The van der Waals surface area contributed by atoms with Crippen LogP contribution in [0.5, 0.6) is 0 Å². The van der Waals surface area contributed by atoms with Crippen LogP contribution in [0.3, 0.4) is 0 Å². The SMILES string of the molecule is CC(C)C1CC(Nc2ccc(-c3nccs3)cc2)CCO1. The van der Waals surface area contributed by atoms with Crippen LogP contribution in [0.4, 0.5) is 5.69 Å². The number of benzene rings is 1. The van der Waals surface area contributed by atoms with Gasteiger partial charge in [0.15, 0.2) is 0 Å². The molecular formula is C17H22N2OS. The van der Waals surface area contributed by atoms with E-state index in [2.05, 4.69) is 48.4 Å². The molecule has 2 unspecified atom stereocenters. The fourth-order valence-corrected chi connectivity index (χ4v) is 3.38. The molecule has 1 aromatic carbocycles. The average molecular weight is 302 g/mol. The Morgan fingerprint density at radius 1 is 1.29 bits per heavy atom. The summed E-state index contributed by atoms with van der Waals surface area (Å²) in [5.74, 6) is 0.585. The quantitative estimate of drug-likeness (QED) is 0.907. The van der Waals surface area contributed by atoms with Crippen molar-refractivity contribution in [2.45, 2.75) is 38.8 Å². The third kappa shape index (κ3) is 3.63. The first-order chi connectivity index (χ1) is 10.2. The van der Waals surface area contributed by atoms with Gasteiger partial charge < -0.3 is 10.1 Å². The molecule has 1 aromatic heterocycles. The zero-order valence-electron chi connectivity index (χ0n) is 12.6. The lowest BCUT2D eigenvalue weighted by atomic mass is 9.95. The van der Waals surface area contributed by atoms with Gasteiger partial charge in [0.1, 0.15) is 5.01 Å². The molecule has 0 aliphatic carbocycles. The molecular weight excluding hydrogens is 280 g/mol. The number of rotatable bonds is 4. The highest BCUT2D eigenvalue weighted by Gasteiger charge is 2.24. The van der Waals surface area contributed by atoms with E-state index in [4.69, 9.17) is 4.74 Å². The standard InChI is InChI=1S/C17H22N2OS/c1-12(2)16-11-15(7-9-20-16)19-14-5-3-13(4-6-14)17-18-8-10-21-17/h3-6,8,10,12,15-16,19H,7,9,11H2,1-2H3. The molecule has 2 heterocycles. The van der Waals surface area contributed by atoms with Crippen LogP contribution < -0.4 is 5.32 Å². The fourth-order valence-electron chi connectivity index (χ4n) is 2.73. The molecule has 1 fully saturated rings. The Labute approximate surface area is 130 Å². The van der Waals surface area contributed by atoms with Crippen molar-refractivity contribution in [1.29, 1.82) is 0 Å². The molecule has 4 heteroatoms. The molecule has 1 saturated heterocycles. The highest BCUT2D eigenvalue weighted by molar-refractivity contribution is 7.13. The normalized spacial score (nSPS) is 22.4. The highest BCUT2D eigenvalue weighted by Crippen LogP contribution is 2.26. The van der Waals surface area contributed by atoms with Crippen molar-refractivity contribution in [3.05, 3.63) is 35.8 Å². The fraction of sp³-hybridized carbons (Fsp3) is 0.471. The van der Waals surface area contributed by atoms with Crippen molar-refractivity contribution in [3.8, 4) is 10.6 Å². The Bertz CT molecular complexity index is 551. The van der Waals surface area contributed by atoms with Crippen molar-refractivity contribution in [2.24, 2.45) is 5.92 Å². The summed E-state index contributed by atoms with van der Waals surface area (Å²) in [7, 11) is 0. The van der Waals surface area contributed by atoms with E-state index >= 15 is 0 Å². The van der Waals surface area contributed by atoms with Gasteiger partial charge >= 0.3 is 0 Å². The van der Waals surface area contributed by atoms with Gasteiger partial charge in [-0.05, 0) is 43.0 Å². The molecule has 3 nitrogen and oxygen atoms in total. The van der Waals surface area contributed by atoms with E-state index in [-0.39, 0.29) is 0 Å². The Hall–Kier alpha value is -1.39. The molecule has 3 rings (SSSR count). The predicted molar refractivity (Wildman–Crippen MR) is 88.8 cm³/mol. The predicted octanol–water partition coefficient (Wildman–Crippen LogP) is 4.43. The van der Waals surface area contributed by atoms with Crippen molar-refractivity contribution in [3.63, 3.8) is 0 Å². The molecule has 0 spiro atoms. The molecule has 0 saturated carbocycles. The van der Waals surface area contributed by atoms with Gasteiger partial charge in [0.2, 0.25) is 0 Å². The molecule has 112 valence electrons. The van der Waals surface area contributed by atoms with Crippen LogP contribution in [0.25, 0.3) is 10.6 Å². The lowest BCUT2D eigenvalue weighted by molar-refractivity contribution is -0.0160. The Morgan fingerprint density at radius 2 is 2.10 bits per heavy atom. The maximum absolute atomic E-state index is 5.83. The van der Waals surface area contributed by atoms with Gasteiger partial charge in [-0.1, -0.05) is 13.8 Å². The van der Waals surface area contributed by atoms with Crippen molar-refractivity contribution in [2.75, 3.05) is 11.9 Å². The number of ether oxygens (including phenoxy) is 1. The lowest BCUT2D eigenvalue weighted by Gasteiger charge is -2.33. The van der Waals surface area contributed by atoms with Crippen molar-refractivity contribution >= 4 is 17.0 Å². The van der Waals surface area contributed by atoms with E-state index in [1.54, 1.807) is 11.3 Å². The molecule has 2 atom stereocenters. The summed E-state index contributed by atoms with van der Waals surface area (Å²) in [6.45, 7) is 5.32. The first-order valence-electron chi connectivity index (χ1n) is 7.60. The van der Waals surface area contributed by atoms with E-state index in [1.807, 2.05) is 11.6 Å². The number of hydrogen-bond acceptors (Lipinski definition) is 4. The summed E-state index contributed by atoms with van der Waals surface area (Å²) in [6, 6.07) is 9.09. The van der Waals surface area contributed by atoms with Crippen molar-refractivity contribution < 1.29 is 4.74 Å². The van der Waals surface area contributed by atoms with E-state index < -0.39 is 0 Å². The number of aromatic nitrogens is 1. The van der Waals surface area contributed by atoms with Crippen LogP contribution in [-0.4, -0.2) is 23.7 Å². The van der Waals surface area contributed by atoms with Crippen molar-refractivity contribution in [1.82, 2.24) is 4.98 Å². The molecule has 2 aromatic rings. The third-order valence-electron chi connectivity index (χ3n) is 3.99. The number of nitrogens with zero attached hydrogens (tertiary/aromatic N) is 1.